The van der Waals surface area contributed by atoms with Crippen LogP contribution in [0.3, 0.4) is 0 Å². The summed E-state index contributed by atoms with van der Waals surface area (Å²) in [6.45, 7) is 5.77. The SMILES string of the molecule is Cc1ccc(NC(=S)NC(=O)c2ccc(-c3ccc(C)c(C)c3)o2)c([N+](=O)[O-])c1. The smallest absolute Gasteiger partial charge is 0.293 e. The number of carbonyl (C=O) groups excluding carboxylic acids is 1. The van der Waals surface area contributed by atoms with Crippen LogP contribution in [-0.2, 0) is 0 Å². The number of nitrogens with zero attached hydrogens (tertiary/aromatic N) is 1. The predicted molar refractivity (Wildman–Crippen MR) is 115 cm³/mol. The van der Waals surface area contributed by atoms with Crippen molar-refractivity contribution in [2.45, 2.75) is 20.8 Å². The molecule has 0 aliphatic rings. The van der Waals surface area contributed by atoms with Gasteiger partial charge in [0.2, 0.25) is 0 Å². The van der Waals surface area contributed by atoms with E-state index in [0.717, 1.165) is 16.7 Å². The molecule has 0 radical (unpaired) electrons. The Hall–Kier alpha value is -3.52. The molecule has 7 nitrogen and oxygen atoms in total. The van der Waals surface area contributed by atoms with Crippen LogP contribution < -0.4 is 10.6 Å². The molecule has 3 aromatic rings. The number of rotatable bonds is 4. The number of nitrogens with one attached hydrogen (secondary N) is 2. The van der Waals surface area contributed by atoms with Crippen LogP contribution in [0.1, 0.15) is 27.2 Å². The van der Waals surface area contributed by atoms with Gasteiger partial charge < -0.3 is 9.73 Å². The van der Waals surface area contributed by atoms with Gasteiger partial charge in [-0.1, -0.05) is 18.2 Å². The largest absolute Gasteiger partial charge is 0.451 e. The van der Waals surface area contributed by atoms with Gasteiger partial charge in [0.25, 0.3) is 11.6 Å². The molecule has 1 aromatic heterocycles. The van der Waals surface area contributed by atoms with E-state index in [4.69, 9.17) is 16.6 Å². The lowest BCUT2D eigenvalue weighted by Crippen LogP contribution is -2.34. The molecule has 0 saturated carbocycles. The van der Waals surface area contributed by atoms with Gasteiger partial charge in [-0.25, -0.2) is 0 Å². The summed E-state index contributed by atoms with van der Waals surface area (Å²) >= 11 is 5.12. The first-order valence-electron chi connectivity index (χ1n) is 8.79. The Kier molecular flexibility index (Phi) is 5.74. The zero-order valence-electron chi connectivity index (χ0n) is 16.1. The number of anilines is 1. The van der Waals surface area contributed by atoms with E-state index in [-0.39, 0.29) is 22.2 Å². The van der Waals surface area contributed by atoms with Gasteiger partial charge in [0.15, 0.2) is 10.9 Å². The minimum atomic E-state index is -0.549. The average molecular weight is 409 g/mol. The fourth-order valence-corrected chi connectivity index (χ4v) is 2.93. The lowest BCUT2D eigenvalue weighted by atomic mass is 10.1. The van der Waals surface area contributed by atoms with Gasteiger partial charge in [-0.3, -0.25) is 20.2 Å². The third-order valence-electron chi connectivity index (χ3n) is 4.45. The second kappa shape index (κ2) is 8.24. The van der Waals surface area contributed by atoms with Crippen LogP contribution in [-0.4, -0.2) is 15.9 Å². The second-order valence-electron chi connectivity index (χ2n) is 6.65. The summed E-state index contributed by atoms with van der Waals surface area (Å²) in [7, 11) is 0. The van der Waals surface area contributed by atoms with E-state index in [1.54, 1.807) is 25.1 Å². The van der Waals surface area contributed by atoms with E-state index in [1.807, 2.05) is 32.0 Å². The molecule has 0 bridgehead atoms. The van der Waals surface area contributed by atoms with Crippen LogP contribution in [0.5, 0.6) is 0 Å². The highest BCUT2D eigenvalue weighted by atomic mass is 32.1. The van der Waals surface area contributed by atoms with Crippen LogP contribution in [0.15, 0.2) is 52.9 Å². The Morgan fingerprint density at radius 2 is 1.79 bits per heavy atom. The van der Waals surface area contributed by atoms with Crippen LogP contribution in [0.4, 0.5) is 11.4 Å². The van der Waals surface area contributed by atoms with Crippen LogP contribution >= 0.6 is 12.2 Å². The zero-order valence-corrected chi connectivity index (χ0v) is 16.9. The molecule has 0 saturated heterocycles. The molecular formula is C21H19N3O4S. The summed E-state index contributed by atoms with van der Waals surface area (Å²) in [4.78, 5) is 23.1. The molecule has 0 aliphatic heterocycles. The molecule has 0 aliphatic carbocycles. The summed E-state index contributed by atoms with van der Waals surface area (Å²) in [5.41, 5.74) is 3.96. The molecule has 3 rings (SSSR count). The number of aryl methyl sites for hydroxylation is 3. The van der Waals surface area contributed by atoms with E-state index in [2.05, 4.69) is 10.6 Å². The summed E-state index contributed by atoms with van der Waals surface area (Å²) in [6, 6.07) is 13.8. The number of nitro groups is 1. The van der Waals surface area contributed by atoms with E-state index in [1.165, 1.54) is 17.7 Å². The van der Waals surface area contributed by atoms with Gasteiger partial charge in [0.1, 0.15) is 11.4 Å². The van der Waals surface area contributed by atoms with Crippen LogP contribution in [0.25, 0.3) is 11.3 Å². The first-order chi connectivity index (χ1) is 13.7. The molecule has 2 aromatic carbocycles. The van der Waals surface area contributed by atoms with Gasteiger partial charge in [-0.05, 0) is 73.9 Å². The maximum atomic E-state index is 12.4. The standard InChI is InChI=1S/C21H19N3O4S/c1-12-4-7-16(17(10-12)24(26)27)22-21(29)23-20(25)19-9-8-18(28-19)15-6-5-13(2)14(3)11-15/h4-11H,1-3H3,(H2,22,23,25,29). The third kappa shape index (κ3) is 4.67. The van der Waals surface area contributed by atoms with E-state index < -0.39 is 10.8 Å². The highest BCUT2D eigenvalue weighted by molar-refractivity contribution is 7.80. The predicted octanol–water partition coefficient (Wildman–Crippen LogP) is 4.91. The van der Waals surface area contributed by atoms with Crippen LogP contribution in [0, 0.1) is 30.9 Å². The van der Waals surface area contributed by atoms with Gasteiger partial charge >= 0.3 is 0 Å². The maximum absolute atomic E-state index is 12.4. The molecule has 1 amide bonds. The van der Waals surface area contributed by atoms with Crippen molar-refractivity contribution in [3.63, 3.8) is 0 Å². The number of carbonyl (C=O) groups is 1. The number of hydrogen-bond donors (Lipinski definition) is 2. The minimum absolute atomic E-state index is 0.0638. The van der Waals surface area contributed by atoms with Crippen molar-refractivity contribution in [3.8, 4) is 11.3 Å². The fourth-order valence-electron chi connectivity index (χ4n) is 2.73. The number of nitro benzene ring substituents is 1. The molecule has 0 atom stereocenters. The van der Waals surface area contributed by atoms with Gasteiger partial charge in [-0.15, -0.1) is 0 Å². The highest BCUT2D eigenvalue weighted by Crippen LogP contribution is 2.26. The molecule has 29 heavy (non-hydrogen) atoms. The van der Waals surface area contributed by atoms with Crippen molar-refractivity contribution < 1.29 is 14.1 Å². The number of amides is 1. The molecule has 0 unspecified atom stereocenters. The molecule has 0 spiro atoms. The zero-order chi connectivity index (χ0) is 21.1. The molecule has 148 valence electrons. The summed E-state index contributed by atoms with van der Waals surface area (Å²) in [5, 5.41) is 16.3. The van der Waals surface area contributed by atoms with E-state index in [9.17, 15) is 14.9 Å². The van der Waals surface area contributed by atoms with Crippen molar-refractivity contribution in [2.24, 2.45) is 0 Å². The monoisotopic (exact) mass is 409 g/mol. The van der Waals surface area contributed by atoms with Crippen molar-refractivity contribution in [2.75, 3.05) is 5.32 Å². The lowest BCUT2D eigenvalue weighted by molar-refractivity contribution is -0.383. The molecule has 0 fully saturated rings. The lowest BCUT2D eigenvalue weighted by Gasteiger charge is -2.09. The summed E-state index contributed by atoms with van der Waals surface area (Å²) in [6.07, 6.45) is 0. The molecular weight excluding hydrogens is 390 g/mol. The first-order valence-corrected chi connectivity index (χ1v) is 9.20. The minimum Gasteiger partial charge on any atom is -0.451 e. The van der Waals surface area contributed by atoms with Crippen LogP contribution in [0.2, 0.25) is 0 Å². The Balaban J connectivity index is 1.71. The Labute approximate surface area is 172 Å². The summed E-state index contributed by atoms with van der Waals surface area (Å²) < 4.78 is 5.65. The Bertz CT molecular complexity index is 1120. The fraction of sp³-hybridized carbons (Fsp3) is 0.143. The van der Waals surface area contributed by atoms with Crippen molar-refractivity contribution >= 4 is 34.6 Å². The Morgan fingerprint density at radius 3 is 2.48 bits per heavy atom. The highest BCUT2D eigenvalue weighted by Gasteiger charge is 2.18. The topological polar surface area (TPSA) is 97.4 Å². The van der Waals surface area contributed by atoms with Gasteiger partial charge in [-0.2, -0.15) is 0 Å². The quantitative estimate of drug-likeness (QED) is 0.361. The van der Waals surface area contributed by atoms with Crippen molar-refractivity contribution in [1.82, 2.24) is 5.32 Å². The number of thiocarbonyl (C=S) groups is 1. The molecule has 2 N–H and O–H groups in total. The second-order valence-corrected chi connectivity index (χ2v) is 7.06. The average Bonchev–Trinajstić information content (AvgIpc) is 3.15. The van der Waals surface area contributed by atoms with Gasteiger partial charge in [0.05, 0.1) is 4.92 Å². The molecule has 1 heterocycles. The number of furan rings is 1. The normalized spacial score (nSPS) is 10.4. The van der Waals surface area contributed by atoms with Crippen molar-refractivity contribution in [1.29, 1.82) is 0 Å². The van der Waals surface area contributed by atoms with Crippen molar-refractivity contribution in [3.05, 3.63) is 81.1 Å². The first kappa shape index (κ1) is 20.2. The Morgan fingerprint density at radius 1 is 1.03 bits per heavy atom. The van der Waals surface area contributed by atoms with E-state index >= 15 is 0 Å². The molecule has 8 heteroatoms. The maximum Gasteiger partial charge on any atom is 0.293 e. The summed E-state index contributed by atoms with van der Waals surface area (Å²) in [5.74, 6) is 0.0967. The third-order valence-corrected chi connectivity index (χ3v) is 4.65. The number of benzene rings is 2. The van der Waals surface area contributed by atoms with Gasteiger partial charge in [0, 0.05) is 11.6 Å². The number of hydrogen-bond acceptors (Lipinski definition) is 5. The van der Waals surface area contributed by atoms with E-state index in [0.29, 0.717) is 5.76 Å².